The Morgan fingerprint density at radius 3 is 2.38 bits per heavy atom. The first-order valence-corrected chi connectivity index (χ1v) is 9.08. The summed E-state index contributed by atoms with van der Waals surface area (Å²) in [5.74, 6) is 0.423. The Morgan fingerprint density at radius 1 is 1.04 bits per heavy atom. The molecule has 1 saturated heterocycles. The van der Waals surface area contributed by atoms with Crippen molar-refractivity contribution >= 4 is 23.1 Å². The largest absolute Gasteiger partial charge is 0.369 e. The molecule has 1 aromatic carbocycles. The summed E-state index contributed by atoms with van der Waals surface area (Å²) in [5, 5.41) is 14.0. The van der Waals surface area contributed by atoms with Crippen molar-refractivity contribution in [2.45, 2.75) is 13.3 Å². The van der Waals surface area contributed by atoms with Gasteiger partial charge in [0.25, 0.3) is 5.91 Å². The van der Waals surface area contributed by atoms with Crippen molar-refractivity contribution < 1.29 is 4.79 Å². The number of piperazine rings is 1. The summed E-state index contributed by atoms with van der Waals surface area (Å²) in [6.45, 7) is 7.10. The van der Waals surface area contributed by atoms with Gasteiger partial charge in [-0.05, 0) is 49.9 Å². The molecule has 0 bridgehead atoms. The highest BCUT2D eigenvalue weighted by Crippen LogP contribution is 2.19. The third-order valence-corrected chi connectivity index (χ3v) is 4.45. The van der Waals surface area contributed by atoms with Crippen LogP contribution in [0.4, 0.5) is 17.2 Å². The van der Waals surface area contributed by atoms with Crippen LogP contribution >= 0.6 is 0 Å². The van der Waals surface area contributed by atoms with Gasteiger partial charge in [0, 0.05) is 44.1 Å². The molecule has 0 radical (unpaired) electrons. The van der Waals surface area contributed by atoms with Crippen molar-refractivity contribution in [3.8, 4) is 0 Å². The predicted molar refractivity (Wildman–Crippen MR) is 105 cm³/mol. The summed E-state index contributed by atoms with van der Waals surface area (Å²) < 4.78 is 0. The van der Waals surface area contributed by atoms with Crippen molar-refractivity contribution in [3.63, 3.8) is 0 Å². The van der Waals surface area contributed by atoms with Crippen LogP contribution in [0.5, 0.6) is 0 Å². The smallest absolute Gasteiger partial charge is 0.276 e. The number of amides is 1. The summed E-state index contributed by atoms with van der Waals surface area (Å²) in [7, 11) is 2.14. The molecule has 3 rings (SSSR count). The lowest BCUT2D eigenvalue weighted by molar-refractivity contribution is 0.102. The molecule has 1 aliphatic rings. The van der Waals surface area contributed by atoms with E-state index in [4.69, 9.17) is 0 Å². The lowest BCUT2D eigenvalue weighted by atomic mass is 10.2. The van der Waals surface area contributed by atoms with Gasteiger partial charge in [0.2, 0.25) is 0 Å². The second-order valence-corrected chi connectivity index (χ2v) is 6.52. The van der Waals surface area contributed by atoms with Crippen LogP contribution in [-0.2, 0) is 0 Å². The monoisotopic (exact) mass is 354 g/mol. The Labute approximate surface area is 154 Å². The molecule has 0 atom stereocenters. The first-order chi connectivity index (χ1) is 12.7. The molecule has 7 heteroatoms. The first-order valence-electron chi connectivity index (χ1n) is 9.08. The van der Waals surface area contributed by atoms with Gasteiger partial charge in [0.05, 0.1) is 0 Å². The number of hydrogen-bond acceptors (Lipinski definition) is 6. The molecule has 26 heavy (non-hydrogen) atoms. The standard InChI is InChI=1S/C19H26N6O/c1-3-10-20-18-9-8-17(22-23-18)19(26)21-15-4-6-16(7-5-15)25-13-11-24(2)12-14-25/h4-9H,3,10-14H2,1-2H3,(H,20,23)(H,21,26). The second kappa shape index (κ2) is 8.62. The molecular weight excluding hydrogens is 328 g/mol. The van der Waals surface area contributed by atoms with Crippen molar-refractivity contribution in [1.82, 2.24) is 15.1 Å². The fourth-order valence-electron chi connectivity index (χ4n) is 2.82. The SMILES string of the molecule is CCCNc1ccc(C(=O)Nc2ccc(N3CCN(C)CC3)cc2)nn1. The minimum atomic E-state index is -0.258. The van der Waals surface area contributed by atoms with Crippen molar-refractivity contribution in [2.75, 3.05) is 55.3 Å². The molecule has 2 aromatic rings. The summed E-state index contributed by atoms with van der Waals surface area (Å²) in [6.07, 6.45) is 1.01. The molecule has 1 aliphatic heterocycles. The van der Waals surface area contributed by atoms with Gasteiger partial charge in [0.1, 0.15) is 5.82 Å². The topological polar surface area (TPSA) is 73.4 Å². The van der Waals surface area contributed by atoms with E-state index in [9.17, 15) is 4.79 Å². The summed E-state index contributed by atoms with van der Waals surface area (Å²) >= 11 is 0. The second-order valence-electron chi connectivity index (χ2n) is 6.52. The fourth-order valence-corrected chi connectivity index (χ4v) is 2.82. The molecule has 138 valence electrons. The van der Waals surface area contributed by atoms with Crippen molar-refractivity contribution in [3.05, 3.63) is 42.1 Å². The highest BCUT2D eigenvalue weighted by atomic mass is 16.1. The van der Waals surface area contributed by atoms with E-state index in [0.717, 1.165) is 44.8 Å². The number of nitrogens with one attached hydrogen (secondary N) is 2. The molecule has 1 amide bonds. The van der Waals surface area contributed by atoms with E-state index in [1.807, 2.05) is 24.3 Å². The van der Waals surface area contributed by atoms with Crippen LogP contribution < -0.4 is 15.5 Å². The fraction of sp³-hybridized carbons (Fsp3) is 0.421. The molecule has 0 saturated carbocycles. The molecule has 0 aliphatic carbocycles. The number of aromatic nitrogens is 2. The van der Waals surface area contributed by atoms with Gasteiger partial charge in [-0.2, -0.15) is 0 Å². The number of carbonyl (C=O) groups is 1. The van der Waals surface area contributed by atoms with Gasteiger partial charge >= 0.3 is 0 Å². The van der Waals surface area contributed by atoms with Crippen molar-refractivity contribution in [1.29, 1.82) is 0 Å². The number of benzene rings is 1. The van der Waals surface area contributed by atoms with Gasteiger partial charge in [-0.25, -0.2) is 0 Å². The molecule has 0 unspecified atom stereocenters. The maximum Gasteiger partial charge on any atom is 0.276 e. The van der Waals surface area contributed by atoms with Crippen LogP contribution in [0.3, 0.4) is 0 Å². The normalized spacial score (nSPS) is 14.9. The summed E-state index contributed by atoms with van der Waals surface area (Å²) in [5.41, 5.74) is 2.24. The van der Waals surface area contributed by atoms with E-state index < -0.39 is 0 Å². The maximum absolute atomic E-state index is 12.3. The number of hydrogen-bond donors (Lipinski definition) is 2. The molecule has 1 aromatic heterocycles. The summed E-state index contributed by atoms with van der Waals surface area (Å²) in [4.78, 5) is 17.0. The number of rotatable bonds is 6. The Morgan fingerprint density at radius 2 is 1.77 bits per heavy atom. The Balaban J connectivity index is 1.57. The van der Waals surface area contributed by atoms with Crippen LogP contribution in [0, 0.1) is 0 Å². The number of carbonyl (C=O) groups excluding carboxylic acids is 1. The molecule has 7 nitrogen and oxygen atoms in total. The highest BCUT2D eigenvalue weighted by Gasteiger charge is 2.14. The van der Waals surface area contributed by atoms with E-state index in [1.165, 1.54) is 5.69 Å². The van der Waals surface area contributed by atoms with Gasteiger partial charge < -0.3 is 20.4 Å². The summed E-state index contributed by atoms with van der Waals surface area (Å²) in [6, 6.07) is 11.4. The quantitative estimate of drug-likeness (QED) is 0.829. The Kier molecular flexibility index (Phi) is 6.01. The number of likely N-dealkylation sites (N-methyl/N-ethyl adjacent to an activating group) is 1. The van der Waals surface area contributed by atoms with E-state index >= 15 is 0 Å². The van der Waals surface area contributed by atoms with Crippen LogP contribution in [-0.4, -0.2) is 60.8 Å². The zero-order chi connectivity index (χ0) is 18.4. The number of anilines is 3. The first kappa shape index (κ1) is 18.1. The lowest BCUT2D eigenvalue weighted by Crippen LogP contribution is -2.44. The van der Waals surface area contributed by atoms with E-state index in [0.29, 0.717) is 11.5 Å². The van der Waals surface area contributed by atoms with E-state index in [2.05, 4.69) is 44.6 Å². The van der Waals surface area contributed by atoms with Gasteiger partial charge in [-0.3, -0.25) is 4.79 Å². The van der Waals surface area contributed by atoms with Crippen LogP contribution in [0.25, 0.3) is 0 Å². The third kappa shape index (κ3) is 4.70. The minimum absolute atomic E-state index is 0.258. The van der Waals surface area contributed by atoms with Crippen LogP contribution in [0.1, 0.15) is 23.8 Å². The van der Waals surface area contributed by atoms with Crippen LogP contribution in [0.15, 0.2) is 36.4 Å². The maximum atomic E-state index is 12.3. The molecule has 2 heterocycles. The van der Waals surface area contributed by atoms with Gasteiger partial charge in [-0.1, -0.05) is 6.92 Å². The molecule has 0 spiro atoms. The van der Waals surface area contributed by atoms with Crippen LogP contribution in [0.2, 0.25) is 0 Å². The number of nitrogens with zero attached hydrogens (tertiary/aromatic N) is 4. The average molecular weight is 354 g/mol. The molecule has 1 fully saturated rings. The van der Waals surface area contributed by atoms with Gasteiger partial charge in [0.15, 0.2) is 5.69 Å². The van der Waals surface area contributed by atoms with Crippen molar-refractivity contribution in [2.24, 2.45) is 0 Å². The lowest BCUT2D eigenvalue weighted by Gasteiger charge is -2.34. The van der Waals surface area contributed by atoms with E-state index in [-0.39, 0.29) is 5.91 Å². The average Bonchev–Trinajstić information content (AvgIpc) is 2.68. The Bertz CT molecular complexity index is 708. The zero-order valence-corrected chi connectivity index (χ0v) is 15.4. The third-order valence-electron chi connectivity index (χ3n) is 4.45. The molecular formula is C19H26N6O. The zero-order valence-electron chi connectivity index (χ0n) is 15.4. The van der Waals surface area contributed by atoms with E-state index in [1.54, 1.807) is 12.1 Å². The Hall–Kier alpha value is -2.67. The molecule has 2 N–H and O–H groups in total. The van der Waals surface area contributed by atoms with Gasteiger partial charge in [-0.15, -0.1) is 10.2 Å². The predicted octanol–water partition coefficient (Wildman–Crippen LogP) is 2.30. The minimum Gasteiger partial charge on any atom is -0.369 e. The highest BCUT2D eigenvalue weighted by molar-refractivity contribution is 6.02.